The van der Waals surface area contributed by atoms with Crippen molar-refractivity contribution in [3.05, 3.63) is 501 Å². The summed E-state index contributed by atoms with van der Waals surface area (Å²) in [7, 11) is 13.9. The molecule has 20 aromatic rings. The van der Waals surface area contributed by atoms with Crippen LogP contribution in [-0.4, -0.2) is 56.9 Å². The molecule has 26 aliphatic rings. The Bertz CT molecular complexity index is 7870. The molecular formula is C112H80O8S4. The lowest BCUT2D eigenvalue weighted by molar-refractivity contribution is 0.410. The molecule has 4 aromatic heterocycles. The molecule has 0 saturated carbocycles. The lowest BCUT2D eigenvalue weighted by Gasteiger charge is -2.12. The van der Waals surface area contributed by atoms with Crippen molar-refractivity contribution in [3.63, 3.8) is 0 Å². The van der Waals surface area contributed by atoms with Crippen molar-refractivity contribution in [2.75, 3.05) is 56.9 Å². The first kappa shape index (κ1) is 77.1. The van der Waals surface area contributed by atoms with E-state index in [0.29, 0.717) is 0 Å². The molecule has 0 fully saturated rings. The molecule has 46 rings (SSSR count). The largest absolute Gasteiger partial charge is 0.496 e. The number of hydrogen-bond acceptors (Lipinski definition) is 12. The standard InChI is InChI=1S/C112H80O8S4/c1-113-89-49-50-90(114-2)106-82-42-41-81(105(89)106)65-9-25-73(26-10-65)97-57-58-99(121-97)75-29-13-67(14-30-75)83-43-44-85(109-93(117-5)52-51-91(115-3)107(83)109)69-17-33-77(34-18-69)101-61-62-103(123-101)79-37-21-71(22-38-79)87-47-48-88(112-96(120-8)56-55-95(119-7)111(87)112)72-23-39-80(40-24-72)104-64-63-102(124-104)78-35-19-70(20-36-78)86-46-45-84(108-92(116-4)53-54-94(118-6)110(86)108)68-15-31-76(32-16-68)100-60-59-98(122-100)74-27-11-66(82)12-28-74/h9-64H,1-8H3. The maximum Gasteiger partial charge on any atom is 0.127 e. The van der Waals surface area contributed by atoms with E-state index in [0.717, 1.165) is 214 Å². The molecule has 12 heteroatoms. The Morgan fingerprint density at radius 1 is 0.113 bits per heavy atom. The smallest absolute Gasteiger partial charge is 0.127 e. The minimum Gasteiger partial charge on any atom is -0.496 e. The summed E-state index contributed by atoms with van der Waals surface area (Å²) in [5.74, 6) is 6.19. The van der Waals surface area contributed by atoms with Crippen LogP contribution < -0.4 is 37.9 Å². The minimum atomic E-state index is 0.774. The van der Waals surface area contributed by atoms with Gasteiger partial charge in [0.1, 0.15) is 46.0 Å². The van der Waals surface area contributed by atoms with Gasteiger partial charge in [0.25, 0.3) is 0 Å². The molecule has 0 aliphatic carbocycles. The summed E-state index contributed by atoms with van der Waals surface area (Å²) < 4.78 is 59.1. The van der Waals surface area contributed by atoms with Crippen LogP contribution in [0.2, 0.25) is 0 Å². The van der Waals surface area contributed by atoms with Crippen molar-refractivity contribution in [1.29, 1.82) is 0 Å². The number of ether oxygens (including phenoxy) is 8. The number of methoxy groups -OCH3 is 8. The van der Waals surface area contributed by atoms with Crippen molar-refractivity contribution in [2.24, 2.45) is 0 Å². The SMILES string of the molecule is COc1ccc(OC)c2c3ccc(c12)=c1ccc(cc1)=c1ccc(s1)=c1ccc(cc1)=c1ccc(c2c(OC)ccc(OC)c12)=c1ccc(cc1)=c1ccc(s1)=c1ccc(cc1)=c1ccc(c2c(OC)ccc(OC)c12)=c1ccc(cc1)=c1ccc(s1)=c1ccc(cc1)=c1ccc(c2c(OC)ccc(OC)c12)=c1ccc(cc1)=c1ccc(s1)=c1ccc=3cc1. The summed E-state index contributed by atoms with van der Waals surface area (Å²) in [6.45, 7) is 0. The summed E-state index contributed by atoms with van der Waals surface area (Å²) in [5, 5.41) is 34.1. The summed E-state index contributed by atoms with van der Waals surface area (Å²) in [4.78, 5) is 0. The van der Waals surface area contributed by atoms with E-state index in [1.807, 2.05) is 48.5 Å². The molecule has 0 amide bonds. The number of hydrogen-bond donors (Lipinski definition) is 0. The normalized spacial score (nSPS) is 11.5. The van der Waals surface area contributed by atoms with Gasteiger partial charge in [0, 0.05) is 79.3 Å². The van der Waals surface area contributed by atoms with Crippen molar-refractivity contribution in [2.45, 2.75) is 0 Å². The van der Waals surface area contributed by atoms with E-state index in [1.165, 1.54) is 36.3 Å². The summed E-state index contributed by atoms with van der Waals surface area (Å²) >= 11 is 7.15. The van der Waals surface area contributed by atoms with Gasteiger partial charge in [-0.05, 0) is 222 Å². The number of fused-ring (bicyclic) bond motifs is 3. The lowest BCUT2D eigenvalue weighted by Crippen LogP contribution is -1.93. The van der Waals surface area contributed by atoms with Gasteiger partial charge in [-0.3, -0.25) is 0 Å². The average molecular weight is 1680 g/mol. The van der Waals surface area contributed by atoms with Crippen LogP contribution in [0, 0.1) is 162 Å². The van der Waals surface area contributed by atoms with Gasteiger partial charge in [-0.1, -0.05) is 243 Å². The first-order chi connectivity index (χ1) is 61.1. The van der Waals surface area contributed by atoms with Crippen LogP contribution in [0.4, 0.5) is 0 Å². The molecule has 16 aromatic carbocycles. The van der Waals surface area contributed by atoms with Crippen LogP contribution >= 0.6 is 45.3 Å². The van der Waals surface area contributed by atoms with Crippen molar-refractivity contribution in [3.8, 4) is 46.0 Å². The van der Waals surface area contributed by atoms with Crippen LogP contribution in [0.25, 0.3) is 43.1 Å². The van der Waals surface area contributed by atoms with Gasteiger partial charge in [-0.2, -0.15) is 0 Å². The zero-order valence-electron chi connectivity index (χ0n) is 69.2. The second-order valence-electron chi connectivity index (χ2n) is 30.8. The van der Waals surface area contributed by atoms with E-state index in [4.69, 9.17) is 37.9 Å². The van der Waals surface area contributed by atoms with Gasteiger partial charge in [0.2, 0.25) is 0 Å². The first-order valence-corrected chi connectivity index (χ1v) is 44.3. The molecule has 32 bridgehead atoms. The van der Waals surface area contributed by atoms with Crippen LogP contribution in [0.3, 0.4) is 0 Å². The van der Waals surface area contributed by atoms with Gasteiger partial charge >= 0.3 is 0 Å². The predicted octanol–water partition coefficient (Wildman–Crippen LogP) is 25.5. The highest BCUT2D eigenvalue weighted by Crippen LogP contribution is 2.41. The third-order valence-electron chi connectivity index (χ3n) is 24.4. The molecule has 124 heavy (non-hydrogen) atoms. The van der Waals surface area contributed by atoms with Crippen LogP contribution in [0.5, 0.6) is 46.0 Å². The van der Waals surface area contributed by atoms with Crippen molar-refractivity contribution in [1.82, 2.24) is 0 Å². The second kappa shape index (κ2) is 32.3. The van der Waals surface area contributed by atoms with E-state index < -0.39 is 0 Å². The Kier molecular flexibility index (Phi) is 20.1. The Labute approximate surface area is 724 Å². The molecule has 30 heterocycles. The van der Waals surface area contributed by atoms with Crippen LogP contribution in [-0.2, 0) is 0 Å². The summed E-state index contributed by atoms with van der Waals surface area (Å²) in [6, 6.07) is 123. The highest BCUT2D eigenvalue weighted by atomic mass is 32.1. The maximum absolute atomic E-state index is 6.20. The molecule has 0 saturated heterocycles. The lowest BCUT2D eigenvalue weighted by atomic mass is 10.0. The second-order valence-corrected chi connectivity index (χ2v) is 35.1. The highest BCUT2D eigenvalue weighted by Gasteiger charge is 2.17. The predicted molar refractivity (Wildman–Crippen MR) is 500 cm³/mol. The Morgan fingerprint density at radius 3 is 0.306 bits per heavy atom. The number of thiophene rings is 4. The van der Waals surface area contributed by atoms with Crippen LogP contribution in [0.1, 0.15) is 0 Å². The third-order valence-corrected chi connectivity index (χ3v) is 29.1. The topological polar surface area (TPSA) is 73.8 Å². The van der Waals surface area contributed by atoms with E-state index in [-0.39, 0.29) is 0 Å². The zero-order valence-corrected chi connectivity index (χ0v) is 72.5. The van der Waals surface area contributed by atoms with Gasteiger partial charge in [0.05, 0.1) is 56.9 Å². The first-order valence-electron chi connectivity index (χ1n) is 41.0. The van der Waals surface area contributed by atoms with Gasteiger partial charge in [-0.15, -0.1) is 45.3 Å². The monoisotopic (exact) mass is 1680 g/mol. The van der Waals surface area contributed by atoms with Gasteiger partial charge in [-0.25, -0.2) is 0 Å². The van der Waals surface area contributed by atoms with E-state index in [1.54, 1.807) is 102 Å². The molecule has 600 valence electrons. The number of rotatable bonds is 8. The van der Waals surface area contributed by atoms with Crippen molar-refractivity contribution >= 4 is 88.4 Å². The molecule has 0 unspecified atom stereocenters. The fourth-order valence-electron chi connectivity index (χ4n) is 18.1. The number of benzene rings is 16. The molecule has 26 aliphatic heterocycles. The van der Waals surface area contributed by atoms with Crippen molar-refractivity contribution < 1.29 is 37.9 Å². The Morgan fingerprint density at radius 2 is 0.210 bits per heavy atom. The molecule has 8 nitrogen and oxygen atoms in total. The van der Waals surface area contributed by atoms with Crippen LogP contribution in [0.15, 0.2) is 340 Å². The molecule has 0 spiro atoms. The zero-order chi connectivity index (χ0) is 83.8. The molecule has 0 radical (unpaired) electrons. The van der Waals surface area contributed by atoms with E-state index >= 15 is 0 Å². The van der Waals surface area contributed by atoms with E-state index in [9.17, 15) is 0 Å². The molecule has 0 N–H and O–H groups in total. The highest BCUT2D eigenvalue weighted by molar-refractivity contribution is 7.09. The van der Waals surface area contributed by atoms with Gasteiger partial charge < -0.3 is 37.9 Å². The summed E-state index contributed by atoms with van der Waals surface area (Å²) in [5.41, 5.74) is 0. The maximum atomic E-state index is 6.20. The fraction of sp³-hybridized carbons (Fsp3) is 0.0714. The average Bonchev–Trinajstić information content (AvgIpc) is 0.896. The Hall–Kier alpha value is -14.2. The molecule has 0 atom stereocenters. The minimum absolute atomic E-state index is 0.774. The molecular weight excluding hydrogens is 1600 g/mol. The fourth-order valence-corrected chi connectivity index (χ4v) is 22.2. The Balaban J connectivity index is 0.757. The van der Waals surface area contributed by atoms with Gasteiger partial charge in [0.15, 0.2) is 0 Å². The van der Waals surface area contributed by atoms with E-state index in [2.05, 4.69) is 291 Å². The third kappa shape index (κ3) is 13.5. The summed E-state index contributed by atoms with van der Waals surface area (Å²) in [6.07, 6.45) is 0. The quantitative estimate of drug-likeness (QED) is 0.149.